The van der Waals surface area contributed by atoms with Crippen molar-refractivity contribution >= 4 is 18.1 Å². The van der Waals surface area contributed by atoms with Crippen LogP contribution >= 0.6 is 0 Å². The summed E-state index contributed by atoms with van der Waals surface area (Å²) in [6.45, 7) is 12.4. The number of nitrogens with one attached hydrogen (secondary N) is 1. The minimum absolute atomic E-state index is 0.180. The predicted octanol–water partition coefficient (Wildman–Crippen LogP) is 2.17. The number of likely N-dealkylation sites (N-methyl/N-ethyl adjacent to an activating group) is 1. The fourth-order valence-electron chi connectivity index (χ4n) is 3.43. The molecule has 0 bridgehead atoms. The Kier molecular flexibility index (Phi) is 13.7. The maximum Gasteiger partial charge on any atom is 0.253 e. The van der Waals surface area contributed by atoms with Gasteiger partial charge in [0, 0.05) is 49.6 Å². The number of amides is 2. The Balaban J connectivity index is 0.000000550. The zero-order valence-corrected chi connectivity index (χ0v) is 20.2. The average molecular weight is 438 g/mol. The molecule has 1 aliphatic heterocycles. The maximum absolute atomic E-state index is 11.3. The Morgan fingerprint density at radius 1 is 1.16 bits per heavy atom. The van der Waals surface area contributed by atoms with Gasteiger partial charge in [-0.3, -0.25) is 14.5 Å². The molecule has 178 valence electrons. The molecule has 0 aromatic heterocycles. The highest BCUT2D eigenvalue weighted by atomic mass is 16.2. The van der Waals surface area contributed by atoms with E-state index in [0.717, 1.165) is 44.2 Å². The number of nitrogens with zero attached hydrogens (tertiary/aromatic N) is 2. The Morgan fingerprint density at radius 2 is 1.68 bits per heavy atom. The van der Waals surface area contributed by atoms with E-state index >= 15 is 0 Å². The van der Waals surface area contributed by atoms with Crippen LogP contribution in [0.2, 0.25) is 0 Å². The second kappa shape index (κ2) is 14.8. The molecule has 8 nitrogen and oxygen atoms in total. The van der Waals surface area contributed by atoms with E-state index in [4.69, 9.17) is 11.6 Å². The fourth-order valence-corrected chi connectivity index (χ4v) is 3.43. The van der Waals surface area contributed by atoms with Crippen LogP contribution in [0.4, 0.5) is 0 Å². The first-order chi connectivity index (χ1) is 14.6. The van der Waals surface area contributed by atoms with Gasteiger partial charge < -0.3 is 20.9 Å². The molecule has 31 heavy (non-hydrogen) atoms. The first-order valence-electron chi connectivity index (χ1n) is 11.2. The van der Waals surface area contributed by atoms with Gasteiger partial charge >= 0.3 is 0 Å². The fraction of sp³-hybridized carbons (Fsp3) is 0.696. The predicted molar refractivity (Wildman–Crippen MR) is 125 cm³/mol. The van der Waals surface area contributed by atoms with Gasteiger partial charge in [-0.15, -0.1) is 0 Å². The van der Waals surface area contributed by atoms with E-state index in [0.29, 0.717) is 19.0 Å². The molecule has 0 aromatic carbocycles. The van der Waals surface area contributed by atoms with Gasteiger partial charge in [0.2, 0.25) is 0 Å². The van der Waals surface area contributed by atoms with Crippen LogP contribution in [0.25, 0.3) is 0 Å². The zero-order chi connectivity index (χ0) is 24.0. The van der Waals surface area contributed by atoms with Crippen LogP contribution in [0.1, 0.15) is 60.3 Å². The lowest BCUT2D eigenvalue weighted by Gasteiger charge is -2.28. The molecule has 0 radical (unpaired) electrons. The number of rotatable bonds is 7. The topological polar surface area (TPSA) is 122 Å². The van der Waals surface area contributed by atoms with Gasteiger partial charge in [-0.2, -0.15) is 0 Å². The van der Waals surface area contributed by atoms with Crippen molar-refractivity contribution in [1.82, 2.24) is 15.2 Å². The zero-order valence-electron chi connectivity index (χ0n) is 20.2. The number of hydrogen-bond donors (Lipinski definition) is 3. The van der Waals surface area contributed by atoms with Gasteiger partial charge in [0.1, 0.15) is 6.29 Å². The van der Waals surface area contributed by atoms with Gasteiger partial charge in [0.15, 0.2) is 0 Å². The molecule has 1 fully saturated rings. The summed E-state index contributed by atoms with van der Waals surface area (Å²) in [5, 5.41) is 4.59. The second-order valence-corrected chi connectivity index (χ2v) is 9.00. The van der Waals surface area contributed by atoms with Crippen molar-refractivity contribution in [3.63, 3.8) is 0 Å². The Morgan fingerprint density at radius 3 is 2.10 bits per heavy atom. The molecule has 1 heterocycles. The summed E-state index contributed by atoms with van der Waals surface area (Å²) in [5.74, 6) is 5.87. The van der Waals surface area contributed by atoms with Crippen LogP contribution in [0, 0.1) is 17.3 Å². The van der Waals surface area contributed by atoms with Crippen molar-refractivity contribution in [2.45, 2.75) is 60.3 Å². The molecule has 0 spiro atoms. The lowest BCUT2D eigenvalue weighted by atomic mass is 9.82. The summed E-state index contributed by atoms with van der Waals surface area (Å²) < 4.78 is 0. The summed E-state index contributed by atoms with van der Waals surface area (Å²) in [6.07, 6.45) is 9.06. The Bertz CT molecular complexity index is 599. The van der Waals surface area contributed by atoms with E-state index in [1.54, 1.807) is 11.2 Å². The molecule has 5 N–H and O–H groups in total. The normalized spacial score (nSPS) is 21.1. The number of carbonyl (C=O) groups is 3. The van der Waals surface area contributed by atoms with E-state index in [1.165, 1.54) is 17.1 Å². The number of hydrazine groups is 1. The molecule has 0 saturated heterocycles. The SMILES string of the molecule is CC.CNC/C(N)=C/N(N)CC(C)(C)C.O=CC1CCC(CN2C(=O)C=CC2=O)CC1. The van der Waals surface area contributed by atoms with Crippen molar-refractivity contribution in [2.24, 2.45) is 28.8 Å². The largest absolute Gasteiger partial charge is 0.400 e. The smallest absolute Gasteiger partial charge is 0.253 e. The second-order valence-electron chi connectivity index (χ2n) is 9.00. The molecular formula is C23H43N5O3. The van der Waals surface area contributed by atoms with Crippen LogP contribution in [0.15, 0.2) is 24.0 Å². The van der Waals surface area contributed by atoms with E-state index in [2.05, 4.69) is 26.1 Å². The van der Waals surface area contributed by atoms with Crippen LogP contribution in [0.3, 0.4) is 0 Å². The minimum Gasteiger partial charge on any atom is -0.400 e. The molecule has 1 saturated carbocycles. The van der Waals surface area contributed by atoms with Crippen molar-refractivity contribution in [1.29, 1.82) is 0 Å². The van der Waals surface area contributed by atoms with E-state index in [9.17, 15) is 14.4 Å². The molecule has 8 heteroatoms. The van der Waals surface area contributed by atoms with E-state index in [1.807, 2.05) is 20.9 Å². The first-order valence-corrected chi connectivity index (χ1v) is 11.2. The highest BCUT2D eigenvalue weighted by Gasteiger charge is 2.28. The van der Waals surface area contributed by atoms with Crippen LogP contribution in [-0.2, 0) is 14.4 Å². The quantitative estimate of drug-likeness (QED) is 0.241. The van der Waals surface area contributed by atoms with Crippen LogP contribution in [-0.4, -0.2) is 54.7 Å². The lowest BCUT2D eigenvalue weighted by Crippen LogP contribution is -2.36. The summed E-state index contributed by atoms with van der Waals surface area (Å²) >= 11 is 0. The van der Waals surface area contributed by atoms with Crippen molar-refractivity contribution in [3.05, 3.63) is 24.0 Å². The van der Waals surface area contributed by atoms with Crippen molar-refractivity contribution in [2.75, 3.05) is 26.7 Å². The molecule has 2 aliphatic rings. The molecule has 0 aromatic rings. The summed E-state index contributed by atoms with van der Waals surface area (Å²) in [4.78, 5) is 34.6. The molecule has 1 aliphatic carbocycles. The van der Waals surface area contributed by atoms with Gasteiger partial charge in [-0.05, 0) is 44.1 Å². The van der Waals surface area contributed by atoms with Gasteiger partial charge in [0.25, 0.3) is 11.8 Å². The maximum atomic E-state index is 11.3. The third kappa shape index (κ3) is 12.3. The highest BCUT2D eigenvalue weighted by Crippen LogP contribution is 2.28. The highest BCUT2D eigenvalue weighted by molar-refractivity contribution is 6.12. The van der Waals surface area contributed by atoms with Gasteiger partial charge in [-0.25, -0.2) is 5.84 Å². The molecule has 0 unspecified atom stereocenters. The minimum atomic E-state index is -0.206. The van der Waals surface area contributed by atoms with Crippen LogP contribution in [0.5, 0.6) is 0 Å². The monoisotopic (exact) mass is 437 g/mol. The number of nitrogens with two attached hydrogens (primary N) is 2. The van der Waals surface area contributed by atoms with E-state index < -0.39 is 0 Å². The average Bonchev–Trinajstić information content (AvgIpc) is 3.01. The summed E-state index contributed by atoms with van der Waals surface area (Å²) in [5.41, 5.74) is 6.61. The van der Waals surface area contributed by atoms with Crippen LogP contribution < -0.4 is 16.9 Å². The number of hydrogen-bond acceptors (Lipinski definition) is 7. The molecule has 2 amide bonds. The lowest BCUT2D eigenvalue weighted by molar-refractivity contribution is -0.137. The Hall–Kier alpha value is -2.19. The third-order valence-electron chi connectivity index (χ3n) is 4.79. The molecule has 0 atom stereocenters. The summed E-state index contributed by atoms with van der Waals surface area (Å²) in [6, 6.07) is 0. The molecule has 2 rings (SSSR count). The van der Waals surface area contributed by atoms with E-state index in [-0.39, 0.29) is 23.1 Å². The van der Waals surface area contributed by atoms with Gasteiger partial charge in [0.05, 0.1) is 0 Å². The number of carbonyl (C=O) groups excluding carboxylic acids is 3. The first kappa shape index (κ1) is 28.8. The number of imide groups is 1. The standard InChI is InChI=1S/C12H15NO3.C9H22N4.C2H6/c14-8-10-3-1-9(2-4-10)7-13-11(15)5-6-12(13)16;1-9(2,3)7-13(11)6-8(10)5-12-4;1-2/h5-6,8-10H,1-4,7H2;6,12H,5,7,10-11H2,1-4H3;1-2H3/b;8-6-;. The molecular weight excluding hydrogens is 394 g/mol. The summed E-state index contributed by atoms with van der Waals surface area (Å²) in [7, 11) is 1.85. The third-order valence-corrected chi connectivity index (χ3v) is 4.79. The number of aldehydes is 1. The van der Waals surface area contributed by atoms with Crippen molar-refractivity contribution in [3.8, 4) is 0 Å². The van der Waals surface area contributed by atoms with Crippen molar-refractivity contribution < 1.29 is 14.4 Å². The van der Waals surface area contributed by atoms with Gasteiger partial charge in [-0.1, -0.05) is 34.6 Å². The Labute approximate surface area is 188 Å².